The molecule has 9 heteroatoms. The first kappa shape index (κ1) is 15.5. The van der Waals surface area contributed by atoms with Crippen molar-refractivity contribution in [2.75, 3.05) is 4.72 Å². The Balaban J connectivity index is 2.40. The second-order valence-electron chi connectivity index (χ2n) is 3.70. The molecule has 0 saturated carbocycles. The second kappa shape index (κ2) is 5.84. The lowest BCUT2D eigenvalue weighted by molar-refractivity contribution is 0.0697. The van der Waals surface area contributed by atoms with Crippen LogP contribution in [0.1, 0.15) is 10.4 Å². The predicted molar refractivity (Wildman–Crippen MR) is 83.9 cm³/mol. The van der Waals surface area contributed by atoms with Crippen molar-refractivity contribution in [2.45, 2.75) is 4.21 Å². The quantitative estimate of drug-likeness (QED) is 0.757. The van der Waals surface area contributed by atoms with Gasteiger partial charge in [-0.25, -0.2) is 13.2 Å². The number of sulfonamides is 1. The first-order valence-corrected chi connectivity index (χ1v) is 9.04. The predicted octanol–water partition coefficient (Wildman–Crippen LogP) is 3.77. The molecule has 0 aliphatic rings. The Morgan fingerprint density at radius 2 is 1.95 bits per heavy atom. The Morgan fingerprint density at radius 1 is 1.25 bits per heavy atom. The molecule has 0 amide bonds. The molecule has 2 aromatic rings. The first-order chi connectivity index (χ1) is 9.29. The van der Waals surface area contributed by atoms with E-state index in [9.17, 15) is 13.2 Å². The summed E-state index contributed by atoms with van der Waals surface area (Å²) in [5.41, 5.74) is 0.166. The molecule has 0 atom stereocenters. The molecular formula is C11H7Br2NO4S2. The van der Waals surface area contributed by atoms with Crippen LogP contribution in [0.3, 0.4) is 0 Å². The highest BCUT2D eigenvalue weighted by Gasteiger charge is 2.20. The van der Waals surface area contributed by atoms with Crippen LogP contribution in [0.15, 0.2) is 42.8 Å². The summed E-state index contributed by atoms with van der Waals surface area (Å²) in [6.07, 6.45) is 0. The average Bonchev–Trinajstić information content (AvgIpc) is 2.74. The van der Waals surface area contributed by atoms with Gasteiger partial charge >= 0.3 is 5.97 Å². The summed E-state index contributed by atoms with van der Waals surface area (Å²) < 4.78 is 27.8. The van der Waals surface area contributed by atoms with Crippen LogP contribution in [0.2, 0.25) is 0 Å². The summed E-state index contributed by atoms with van der Waals surface area (Å²) in [6.45, 7) is 0. The molecule has 20 heavy (non-hydrogen) atoms. The molecular weight excluding hydrogens is 434 g/mol. The maximum atomic E-state index is 12.2. The van der Waals surface area contributed by atoms with Crippen LogP contribution in [-0.2, 0) is 10.0 Å². The van der Waals surface area contributed by atoms with Gasteiger partial charge in [-0.05, 0) is 45.6 Å². The number of nitrogens with one attached hydrogen (secondary N) is 1. The molecule has 0 bridgehead atoms. The molecule has 0 spiro atoms. The summed E-state index contributed by atoms with van der Waals surface area (Å²) in [6, 6.07) is 5.77. The summed E-state index contributed by atoms with van der Waals surface area (Å²) in [5.74, 6) is -1.14. The van der Waals surface area contributed by atoms with E-state index < -0.39 is 16.0 Å². The SMILES string of the molecule is O=C(O)c1cc(Br)cc(NS(=O)(=O)c2sccc2Br)c1. The molecule has 106 valence electrons. The van der Waals surface area contributed by atoms with Crippen LogP contribution >= 0.6 is 43.2 Å². The third kappa shape index (κ3) is 3.40. The highest BCUT2D eigenvalue weighted by Crippen LogP contribution is 2.30. The fourth-order valence-corrected chi connectivity index (χ4v) is 5.32. The number of hydrogen-bond donors (Lipinski definition) is 2. The monoisotopic (exact) mass is 439 g/mol. The summed E-state index contributed by atoms with van der Waals surface area (Å²) in [5, 5.41) is 10.6. The molecule has 0 aliphatic carbocycles. The minimum atomic E-state index is -3.75. The number of anilines is 1. The summed E-state index contributed by atoms with van der Waals surface area (Å²) in [7, 11) is -3.75. The highest BCUT2D eigenvalue weighted by atomic mass is 79.9. The number of thiophene rings is 1. The van der Waals surface area contributed by atoms with Gasteiger partial charge in [0.2, 0.25) is 0 Å². The highest BCUT2D eigenvalue weighted by molar-refractivity contribution is 9.10. The summed E-state index contributed by atoms with van der Waals surface area (Å²) >= 11 is 7.37. The van der Waals surface area contributed by atoms with Crippen LogP contribution in [0.5, 0.6) is 0 Å². The van der Waals surface area contributed by atoms with Crippen molar-refractivity contribution in [3.8, 4) is 0 Å². The molecule has 1 aromatic carbocycles. The second-order valence-corrected chi connectivity index (χ2v) is 8.26. The van der Waals surface area contributed by atoms with Gasteiger partial charge in [-0.3, -0.25) is 4.72 Å². The smallest absolute Gasteiger partial charge is 0.335 e. The van der Waals surface area contributed by atoms with Crippen molar-refractivity contribution >= 4 is 64.9 Å². The van der Waals surface area contributed by atoms with Gasteiger partial charge in [0.05, 0.1) is 11.3 Å². The zero-order valence-electron chi connectivity index (χ0n) is 9.63. The number of carbonyl (C=O) groups is 1. The zero-order chi connectivity index (χ0) is 14.9. The first-order valence-electron chi connectivity index (χ1n) is 5.09. The largest absolute Gasteiger partial charge is 0.478 e. The summed E-state index contributed by atoms with van der Waals surface area (Å²) in [4.78, 5) is 11.0. The maximum Gasteiger partial charge on any atom is 0.335 e. The molecule has 0 fully saturated rings. The Bertz CT molecular complexity index is 770. The van der Waals surface area contributed by atoms with Gasteiger partial charge in [0.25, 0.3) is 10.0 Å². The average molecular weight is 441 g/mol. The van der Waals surface area contributed by atoms with E-state index in [2.05, 4.69) is 36.6 Å². The topological polar surface area (TPSA) is 83.5 Å². The van der Waals surface area contributed by atoms with E-state index in [-0.39, 0.29) is 15.5 Å². The Kier molecular flexibility index (Phi) is 4.52. The molecule has 1 aromatic heterocycles. The lowest BCUT2D eigenvalue weighted by Crippen LogP contribution is -2.12. The van der Waals surface area contributed by atoms with Crippen LogP contribution in [-0.4, -0.2) is 19.5 Å². The van der Waals surface area contributed by atoms with Gasteiger partial charge in [0.1, 0.15) is 0 Å². The Morgan fingerprint density at radius 3 is 2.50 bits per heavy atom. The number of carboxylic acid groups (broad SMARTS) is 1. The number of aromatic carboxylic acids is 1. The Hall–Kier alpha value is -0.900. The molecule has 0 radical (unpaired) electrons. The Labute approximate surface area is 135 Å². The van der Waals surface area contributed by atoms with Gasteiger partial charge in [0.15, 0.2) is 4.21 Å². The molecule has 5 nitrogen and oxygen atoms in total. The van der Waals surface area contributed by atoms with Crippen LogP contribution in [0.25, 0.3) is 0 Å². The van der Waals surface area contributed by atoms with Gasteiger partial charge in [0, 0.05) is 8.95 Å². The van der Waals surface area contributed by atoms with Crippen molar-refractivity contribution in [2.24, 2.45) is 0 Å². The number of hydrogen-bond acceptors (Lipinski definition) is 4. The molecule has 0 aliphatic heterocycles. The third-order valence-electron chi connectivity index (χ3n) is 2.23. The van der Waals surface area contributed by atoms with Crippen LogP contribution in [0.4, 0.5) is 5.69 Å². The molecule has 0 unspecified atom stereocenters. The van der Waals surface area contributed by atoms with Crippen molar-refractivity contribution < 1.29 is 18.3 Å². The zero-order valence-corrected chi connectivity index (χ0v) is 14.4. The van der Waals surface area contributed by atoms with Gasteiger partial charge in [-0.15, -0.1) is 11.3 Å². The van der Waals surface area contributed by atoms with Crippen molar-refractivity contribution in [1.82, 2.24) is 0 Å². The number of halogens is 2. The van der Waals surface area contributed by atoms with E-state index in [0.717, 1.165) is 11.3 Å². The van der Waals surface area contributed by atoms with Crippen molar-refractivity contribution in [3.63, 3.8) is 0 Å². The van der Waals surface area contributed by atoms with E-state index >= 15 is 0 Å². The number of carboxylic acids is 1. The minimum absolute atomic E-state index is 0.0117. The maximum absolute atomic E-state index is 12.2. The van der Waals surface area contributed by atoms with Gasteiger partial charge in [-0.2, -0.15) is 0 Å². The number of rotatable bonds is 4. The van der Waals surface area contributed by atoms with Crippen LogP contribution < -0.4 is 4.72 Å². The van der Waals surface area contributed by atoms with Gasteiger partial charge in [-0.1, -0.05) is 15.9 Å². The molecule has 1 heterocycles. The lowest BCUT2D eigenvalue weighted by atomic mass is 10.2. The number of benzene rings is 1. The van der Waals surface area contributed by atoms with E-state index in [1.165, 1.54) is 18.2 Å². The van der Waals surface area contributed by atoms with Crippen molar-refractivity contribution in [3.05, 3.63) is 44.2 Å². The van der Waals surface area contributed by atoms with Crippen LogP contribution in [0, 0.1) is 0 Å². The molecule has 2 rings (SSSR count). The lowest BCUT2D eigenvalue weighted by Gasteiger charge is -2.08. The van der Waals surface area contributed by atoms with E-state index in [4.69, 9.17) is 5.11 Å². The van der Waals surface area contributed by atoms with E-state index in [0.29, 0.717) is 8.95 Å². The van der Waals surface area contributed by atoms with E-state index in [1.54, 1.807) is 11.4 Å². The fourth-order valence-electron chi connectivity index (χ4n) is 1.45. The fraction of sp³-hybridized carbons (Fsp3) is 0. The molecule has 0 saturated heterocycles. The molecule has 2 N–H and O–H groups in total. The standard InChI is InChI=1S/C11H7Br2NO4S2/c12-7-3-6(10(15)16)4-8(5-7)14-20(17,18)11-9(13)1-2-19-11/h1-5,14H,(H,15,16). The van der Waals surface area contributed by atoms with E-state index in [1.807, 2.05) is 0 Å². The normalized spacial score (nSPS) is 11.3. The third-order valence-corrected chi connectivity index (χ3v) is 6.73. The minimum Gasteiger partial charge on any atom is -0.478 e. The van der Waals surface area contributed by atoms with Gasteiger partial charge < -0.3 is 5.11 Å². The van der Waals surface area contributed by atoms with Crippen molar-refractivity contribution in [1.29, 1.82) is 0 Å².